The van der Waals surface area contributed by atoms with Gasteiger partial charge < -0.3 is 14.7 Å². The molecule has 0 unspecified atom stereocenters. The number of carbonyl (C=O) groups is 1. The highest BCUT2D eigenvalue weighted by atomic mass is 16.5. The molecular weight excluding hydrogens is 218 g/mol. The van der Waals surface area contributed by atoms with Gasteiger partial charge in [0.1, 0.15) is 0 Å². The van der Waals surface area contributed by atoms with Gasteiger partial charge in [0, 0.05) is 25.9 Å². The van der Waals surface area contributed by atoms with E-state index in [4.69, 9.17) is 9.84 Å². The van der Waals surface area contributed by atoms with Crippen LogP contribution in [0.25, 0.3) is 0 Å². The minimum Gasteiger partial charge on any atom is -0.478 e. The molecule has 0 aromatic heterocycles. The Morgan fingerprint density at radius 2 is 2.35 bits per heavy atom. The Morgan fingerprint density at radius 3 is 2.94 bits per heavy atom. The van der Waals surface area contributed by atoms with Gasteiger partial charge in [0.05, 0.1) is 12.2 Å². The predicted octanol–water partition coefficient (Wildman–Crippen LogP) is 2.02. The molecule has 0 heterocycles. The summed E-state index contributed by atoms with van der Waals surface area (Å²) in [6.45, 7) is 5.64. The lowest BCUT2D eigenvalue weighted by Gasteiger charge is -2.23. The van der Waals surface area contributed by atoms with Crippen LogP contribution in [0, 0.1) is 0 Å². The molecule has 0 bridgehead atoms. The fourth-order valence-corrected chi connectivity index (χ4v) is 1.52. The van der Waals surface area contributed by atoms with Crippen molar-refractivity contribution in [2.45, 2.75) is 0 Å². The molecular formula is C13H17NO3. The van der Waals surface area contributed by atoms with E-state index in [2.05, 4.69) is 6.58 Å². The summed E-state index contributed by atoms with van der Waals surface area (Å²) in [6.07, 6.45) is 1.78. The van der Waals surface area contributed by atoms with Gasteiger partial charge in [-0.3, -0.25) is 0 Å². The second-order valence-electron chi connectivity index (χ2n) is 3.58. The molecule has 92 valence electrons. The van der Waals surface area contributed by atoms with E-state index < -0.39 is 5.97 Å². The van der Waals surface area contributed by atoms with Crippen LogP contribution in [-0.2, 0) is 4.74 Å². The third-order valence-corrected chi connectivity index (χ3v) is 2.37. The molecule has 0 aliphatic heterocycles. The fourth-order valence-electron chi connectivity index (χ4n) is 1.52. The van der Waals surface area contributed by atoms with Gasteiger partial charge in [0.15, 0.2) is 0 Å². The van der Waals surface area contributed by atoms with Crippen LogP contribution in [0.5, 0.6) is 0 Å². The van der Waals surface area contributed by atoms with Gasteiger partial charge in [-0.2, -0.15) is 0 Å². The molecule has 1 aromatic carbocycles. The van der Waals surface area contributed by atoms with E-state index in [-0.39, 0.29) is 5.56 Å². The van der Waals surface area contributed by atoms with Gasteiger partial charge in [-0.1, -0.05) is 12.1 Å². The lowest BCUT2D eigenvalue weighted by Crippen LogP contribution is -2.27. The van der Waals surface area contributed by atoms with Gasteiger partial charge in [-0.15, -0.1) is 6.58 Å². The average molecular weight is 235 g/mol. The first kappa shape index (κ1) is 13.3. The number of carboxylic acids is 1. The van der Waals surface area contributed by atoms with Crippen LogP contribution in [0.15, 0.2) is 36.9 Å². The summed E-state index contributed by atoms with van der Waals surface area (Å²) in [5.41, 5.74) is 1.15. The topological polar surface area (TPSA) is 49.8 Å². The molecule has 0 fully saturated rings. The zero-order valence-corrected chi connectivity index (χ0v) is 9.93. The van der Waals surface area contributed by atoms with E-state index in [1.165, 1.54) is 0 Å². The Balaban J connectivity index is 2.88. The van der Waals surface area contributed by atoms with Gasteiger partial charge in [-0.05, 0) is 18.2 Å². The number of hydrogen-bond acceptors (Lipinski definition) is 3. The number of rotatable bonds is 7. The quantitative estimate of drug-likeness (QED) is 0.735. The standard InChI is InChI=1S/C13H17NO3/c1-3-7-14(8-9-17-2)12-6-4-5-11(10-12)13(15)16/h3-6,10H,1,7-9H2,2H3,(H,15,16). The smallest absolute Gasteiger partial charge is 0.335 e. The van der Waals surface area contributed by atoms with Crippen molar-refractivity contribution in [3.63, 3.8) is 0 Å². The Morgan fingerprint density at radius 1 is 1.59 bits per heavy atom. The average Bonchev–Trinajstić information content (AvgIpc) is 2.34. The van der Waals surface area contributed by atoms with Crippen LogP contribution in [0.4, 0.5) is 5.69 Å². The molecule has 0 spiro atoms. The summed E-state index contributed by atoms with van der Waals surface area (Å²) < 4.78 is 5.03. The van der Waals surface area contributed by atoms with Crippen LogP contribution in [0.2, 0.25) is 0 Å². The number of carboxylic acid groups (broad SMARTS) is 1. The van der Waals surface area contributed by atoms with E-state index in [1.54, 1.807) is 31.4 Å². The molecule has 0 amide bonds. The van der Waals surface area contributed by atoms with Crippen molar-refractivity contribution in [1.29, 1.82) is 0 Å². The molecule has 0 aliphatic rings. The Bertz CT molecular complexity index is 390. The summed E-state index contributed by atoms with van der Waals surface area (Å²) in [4.78, 5) is 12.9. The summed E-state index contributed by atoms with van der Waals surface area (Å²) >= 11 is 0. The van der Waals surface area contributed by atoms with Crippen molar-refractivity contribution >= 4 is 11.7 Å². The zero-order chi connectivity index (χ0) is 12.7. The molecule has 0 saturated heterocycles. The second kappa shape index (κ2) is 6.70. The molecule has 0 radical (unpaired) electrons. The van der Waals surface area contributed by atoms with E-state index in [9.17, 15) is 4.79 Å². The fraction of sp³-hybridized carbons (Fsp3) is 0.308. The number of benzene rings is 1. The van der Waals surface area contributed by atoms with E-state index in [0.717, 1.165) is 5.69 Å². The van der Waals surface area contributed by atoms with Gasteiger partial charge >= 0.3 is 5.97 Å². The SMILES string of the molecule is C=CCN(CCOC)c1cccc(C(=O)O)c1. The Hall–Kier alpha value is -1.81. The summed E-state index contributed by atoms with van der Waals surface area (Å²) in [5.74, 6) is -0.919. The van der Waals surface area contributed by atoms with Crippen LogP contribution >= 0.6 is 0 Å². The summed E-state index contributed by atoms with van der Waals surface area (Å²) in [6, 6.07) is 6.85. The second-order valence-corrected chi connectivity index (χ2v) is 3.58. The number of aromatic carboxylic acids is 1. The number of hydrogen-bond donors (Lipinski definition) is 1. The third kappa shape index (κ3) is 3.92. The minimum absolute atomic E-state index is 0.286. The molecule has 0 atom stereocenters. The molecule has 4 heteroatoms. The molecule has 0 aliphatic carbocycles. The highest BCUT2D eigenvalue weighted by Gasteiger charge is 2.08. The third-order valence-electron chi connectivity index (χ3n) is 2.37. The van der Waals surface area contributed by atoms with Gasteiger partial charge in [0.25, 0.3) is 0 Å². The van der Waals surface area contributed by atoms with Crippen molar-refractivity contribution in [3.8, 4) is 0 Å². The molecule has 1 rings (SSSR count). The molecule has 4 nitrogen and oxygen atoms in total. The maximum atomic E-state index is 10.9. The molecule has 17 heavy (non-hydrogen) atoms. The summed E-state index contributed by atoms with van der Waals surface area (Å²) in [7, 11) is 1.64. The van der Waals surface area contributed by atoms with Crippen molar-refractivity contribution in [1.82, 2.24) is 0 Å². The molecule has 1 N–H and O–H groups in total. The van der Waals surface area contributed by atoms with Gasteiger partial charge in [-0.25, -0.2) is 4.79 Å². The lowest BCUT2D eigenvalue weighted by molar-refractivity contribution is 0.0697. The first-order valence-corrected chi connectivity index (χ1v) is 5.37. The van der Waals surface area contributed by atoms with E-state index in [0.29, 0.717) is 19.7 Å². The maximum absolute atomic E-state index is 10.9. The van der Waals surface area contributed by atoms with Crippen LogP contribution in [0.1, 0.15) is 10.4 Å². The number of nitrogens with zero attached hydrogens (tertiary/aromatic N) is 1. The largest absolute Gasteiger partial charge is 0.478 e. The van der Waals surface area contributed by atoms with E-state index in [1.807, 2.05) is 11.0 Å². The van der Waals surface area contributed by atoms with Crippen molar-refractivity contribution < 1.29 is 14.6 Å². The lowest BCUT2D eigenvalue weighted by atomic mass is 10.2. The van der Waals surface area contributed by atoms with E-state index >= 15 is 0 Å². The summed E-state index contributed by atoms with van der Waals surface area (Å²) in [5, 5.41) is 8.93. The van der Waals surface area contributed by atoms with Crippen molar-refractivity contribution in [3.05, 3.63) is 42.5 Å². The highest BCUT2D eigenvalue weighted by molar-refractivity contribution is 5.88. The van der Waals surface area contributed by atoms with Crippen LogP contribution in [-0.4, -0.2) is 37.9 Å². The normalized spacial score (nSPS) is 9.94. The van der Waals surface area contributed by atoms with Crippen molar-refractivity contribution in [2.24, 2.45) is 0 Å². The monoisotopic (exact) mass is 235 g/mol. The Labute approximate surface area is 101 Å². The first-order chi connectivity index (χ1) is 8.19. The zero-order valence-electron chi connectivity index (χ0n) is 9.93. The number of anilines is 1. The molecule has 1 aromatic rings. The predicted molar refractivity (Wildman–Crippen MR) is 67.7 cm³/mol. The number of methoxy groups -OCH3 is 1. The van der Waals surface area contributed by atoms with Crippen LogP contribution < -0.4 is 4.90 Å². The maximum Gasteiger partial charge on any atom is 0.335 e. The van der Waals surface area contributed by atoms with Gasteiger partial charge in [0.2, 0.25) is 0 Å². The van der Waals surface area contributed by atoms with Crippen molar-refractivity contribution in [2.75, 3.05) is 31.7 Å². The van der Waals surface area contributed by atoms with Crippen LogP contribution in [0.3, 0.4) is 0 Å². The highest BCUT2D eigenvalue weighted by Crippen LogP contribution is 2.16. The number of ether oxygens (including phenoxy) is 1. The minimum atomic E-state index is -0.919. The first-order valence-electron chi connectivity index (χ1n) is 5.37. The Kier molecular flexibility index (Phi) is 5.23. The molecule has 0 saturated carbocycles.